The highest BCUT2D eigenvalue weighted by Gasteiger charge is 2.68. The molecule has 0 bridgehead atoms. The second-order valence-corrected chi connectivity index (χ2v) is 21.0. The lowest BCUT2D eigenvalue weighted by Gasteiger charge is -2.61. The van der Waals surface area contributed by atoms with Crippen LogP contribution in [0.5, 0.6) is 0 Å². The lowest BCUT2D eigenvalue weighted by molar-refractivity contribution is -0.373. The molecule has 8 rings (SSSR count). The number of hydrogen-bond acceptors (Lipinski definition) is 19. The molecule has 4 saturated heterocycles. The van der Waals surface area contributed by atoms with Gasteiger partial charge in [-0.15, -0.1) is 0 Å². The highest BCUT2D eigenvalue weighted by molar-refractivity contribution is 5.15. The number of ether oxygens (including phenoxy) is 7. The third-order valence-electron chi connectivity index (χ3n) is 17.7. The molecule has 19 nitrogen and oxygen atoms in total. The minimum Gasteiger partial charge on any atom is -0.394 e. The Kier molecular flexibility index (Phi) is 14.4. The van der Waals surface area contributed by atoms with Crippen LogP contribution in [0.2, 0.25) is 0 Å². The topological polar surface area (TPSA) is 307 Å². The van der Waals surface area contributed by atoms with Crippen molar-refractivity contribution in [1.82, 2.24) is 0 Å². The Balaban J connectivity index is 0.884. The maximum atomic E-state index is 12.0. The van der Waals surface area contributed by atoms with E-state index >= 15 is 0 Å². The van der Waals surface area contributed by atoms with Crippen LogP contribution in [0.1, 0.15) is 91.9 Å². The molecular weight excluding hydrogens is 832 g/mol. The van der Waals surface area contributed by atoms with Crippen molar-refractivity contribution in [3.8, 4) is 0 Å². The highest BCUT2D eigenvalue weighted by Crippen LogP contribution is 2.71. The van der Waals surface area contributed by atoms with Crippen molar-refractivity contribution in [2.24, 2.45) is 46.3 Å². The first-order valence-electron chi connectivity index (χ1n) is 23.4. The van der Waals surface area contributed by atoms with Crippen molar-refractivity contribution >= 4 is 0 Å². The fourth-order valence-electron chi connectivity index (χ4n) is 14.0. The van der Waals surface area contributed by atoms with Crippen molar-refractivity contribution in [2.45, 2.75) is 208 Å². The lowest BCUT2D eigenvalue weighted by atomic mass is 9.44. The molecule has 4 aliphatic carbocycles. The van der Waals surface area contributed by atoms with Crippen LogP contribution in [0.25, 0.3) is 0 Å². The zero-order valence-corrected chi connectivity index (χ0v) is 36.8. The average Bonchev–Trinajstić information content (AvgIpc) is 3.70. The molecule has 8 fully saturated rings. The molecule has 0 amide bonds. The van der Waals surface area contributed by atoms with Gasteiger partial charge in [-0.1, -0.05) is 20.8 Å². The van der Waals surface area contributed by atoms with Gasteiger partial charge < -0.3 is 94.4 Å². The minimum atomic E-state index is -1.75. The van der Waals surface area contributed by atoms with Gasteiger partial charge in [-0.05, 0) is 105 Å². The zero-order valence-electron chi connectivity index (χ0n) is 36.8. The molecule has 12 N–H and O–H groups in total. The second kappa shape index (κ2) is 18.6. The summed E-state index contributed by atoms with van der Waals surface area (Å²) in [6.45, 7) is 6.85. The van der Waals surface area contributed by atoms with E-state index < -0.39 is 124 Å². The molecule has 4 saturated carbocycles. The third kappa shape index (κ3) is 8.48. The number of aliphatic hydroxyl groups is 12. The summed E-state index contributed by atoms with van der Waals surface area (Å²) >= 11 is 0. The van der Waals surface area contributed by atoms with E-state index in [2.05, 4.69) is 20.8 Å². The summed E-state index contributed by atoms with van der Waals surface area (Å²) in [4.78, 5) is 0. The van der Waals surface area contributed by atoms with E-state index in [1.165, 1.54) is 0 Å². The van der Waals surface area contributed by atoms with Gasteiger partial charge in [-0.2, -0.15) is 0 Å². The normalized spacial score (nSPS) is 56.3. The Hall–Kier alpha value is -0.760. The Morgan fingerprint density at radius 1 is 0.619 bits per heavy atom. The predicted molar refractivity (Wildman–Crippen MR) is 214 cm³/mol. The van der Waals surface area contributed by atoms with E-state index in [0.29, 0.717) is 49.4 Å². The van der Waals surface area contributed by atoms with Crippen LogP contribution < -0.4 is 0 Å². The Morgan fingerprint density at radius 3 is 1.83 bits per heavy atom. The molecule has 0 aromatic rings. The maximum Gasteiger partial charge on any atom is 0.187 e. The van der Waals surface area contributed by atoms with Crippen LogP contribution in [-0.2, 0) is 33.2 Å². The molecule has 0 radical (unpaired) electrons. The fraction of sp³-hybridized carbons (Fsp3) is 1.00. The second-order valence-electron chi connectivity index (χ2n) is 21.0. The summed E-state index contributed by atoms with van der Waals surface area (Å²) in [6.07, 6.45) is -14.9. The number of aliphatic hydroxyl groups excluding tert-OH is 11. The fourth-order valence-corrected chi connectivity index (χ4v) is 14.0. The molecule has 364 valence electrons. The standard InChI is InChI=1S/C44H74O19/c1-18(57-39-36(54)33(51)30(48)26(15-45)59-39)7-12-44(56)19(2)29-25(63-44)14-24-22-6-5-20-13-21(8-10-42(20,3)23(22)9-11-43(24,29)4)58-41-38(35(53)32(50)28(17-47)61-41)62-40-37(55)34(52)31(49)27(16-46)60-40/h18-41,45-56H,5-17H2,1-4H3/t18-,19-,20?,21?,22?,23?,24?,25?,26+,27+,28+,29?,30+,31+,32-,33-,34-,35-,36+,37+,38+,39+,40+,41+,42?,43?,44+/m0/s1. The minimum absolute atomic E-state index is 0.0272. The molecular formula is C44H74O19. The Labute approximate surface area is 368 Å². The van der Waals surface area contributed by atoms with Crippen LogP contribution in [0.4, 0.5) is 0 Å². The Bertz CT molecular complexity index is 1540. The molecule has 63 heavy (non-hydrogen) atoms. The van der Waals surface area contributed by atoms with Gasteiger partial charge in [0.2, 0.25) is 0 Å². The van der Waals surface area contributed by atoms with Gasteiger partial charge in [0, 0.05) is 12.3 Å². The predicted octanol–water partition coefficient (Wildman–Crippen LogP) is -2.03. The molecule has 0 aromatic heterocycles. The number of rotatable bonds is 12. The molecule has 27 atom stereocenters. The first kappa shape index (κ1) is 48.7. The van der Waals surface area contributed by atoms with Crippen LogP contribution in [0.3, 0.4) is 0 Å². The van der Waals surface area contributed by atoms with Gasteiger partial charge in [-0.25, -0.2) is 0 Å². The molecule has 9 unspecified atom stereocenters. The van der Waals surface area contributed by atoms with Gasteiger partial charge >= 0.3 is 0 Å². The summed E-state index contributed by atoms with van der Waals surface area (Å²) in [5.74, 6) is 0.368. The molecule has 0 aromatic carbocycles. The lowest BCUT2D eigenvalue weighted by Crippen LogP contribution is -2.65. The number of hydrogen-bond donors (Lipinski definition) is 12. The van der Waals surface area contributed by atoms with Crippen molar-refractivity contribution < 1.29 is 94.4 Å². The first-order chi connectivity index (χ1) is 29.8. The SMILES string of the molecule is C[C@@H](CC[C@@]1(O)OC2CC3C4CCC5CC(O[C@@H]6O[C@H](CO)[C@H](O)[C@H](O)[C@H]6O[C@H]6O[C@H](CO)[C@@H](O)[C@H](O)[C@H]6O)CCC5(C)C4CCC3(C)C2[C@@H]1C)O[C@@H]1O[C@H](CO)[C@@H](O)[C@H](O)[C@H]1O. The zero-order chi connectivity index (χ0) is 45.5. The van der Waals surface area contributed by atoms with Crippen LogP contribution in [0, 0.1) is 46.3 Å². The molecule has 4 aliphatic heterocycles. The van der Waals surface area contributed by atoms with Crippen molar-refractivity contribution in [3.05, 3.63) is 0 Å². The maximum absolute atomic E-state index is 12.0. The van der Waals surface area contributed by atoms with E-state index in [-0.39, 0.29) is 34.9 Å². The average molecular weight is 907 g/mol. The van der Waals surface area contributed by atoms with Crippen molar-refractivity contribution in [2.75, 3.05) is 19.8 Å². The highest BCUT2D eigenvalue weighted by atomic mass is 16.8. The van der Waals surface area contributed by atoms with Crippen LogP contribution >= 0.6 is 0 Å². The summed E-state index contributed by atoms with van der Waals surface area (Å²) in [5, 5.41) is 125. The van der Waals surface area contributed by atoms with E-state index in [1.807, 2.05) is 0 Å². The summed E-state index contributed by atoms with van der Waals surface area (Å²) in [7, 11) is 0. The Morgan fingerprint density at radius 2 is 1.19 bits per heavy atom. The van der Waals surface area contributed by atoms with Crippen LogP contribution in [0.15, 0.2) is 0 Å². The van der Waals surface area contributed by atoms with Crippen molar-refractivity contribution in [3.63, 3.8) is 0 Å². The van der Waals surface area contributed by atoms with Crippen LogP contribution in [-0.4, -0.2) is 197 Å². The monoisotopic (exact) mass is 906 g/mol. The van der Waals surface area contributed by atoms with Gasteiger partial charge in [0.15, 0.2) is 24.7 Å². The number of fused-ring (bicyclic) bond motifs is 7. The van der Waals surface area contributed by atoms with Gasteiger partial charge in [0.25, 0.3) is 0 Å². The third-order valence-corrected chi connectivity index (χ3v) is 17.7. The van der Waals surface area contributed by atoms with Gasteiger partial charge in [0.1, 0.15) is 73.2 Å². The van der Waals surface area contributed by atoms with Crippen molar-refractivity contribution in [1.29, 1.82) is 0 Å². The molecule has 4 heterocycles. The largest absolute Gasteiger partial charge is 0.394 e. The summed E-state index contributed by atoms with van der Waals surface area (Å²) in [5.41, 5.74) is 0.00964. The van der Waals surface area contributed by atoms with E-state index in [1.54, 1.807) is 6.92 Å². The quantitative estimate of drug-likeness (QED) is 0.0941. The van der Waals surface area contributed by atoms with E-state index in [9.17, 15) is 61.3 Å². The van der Waals surface area contributed by atoms with E-state index in [0.717, 1.165) is 38.5 Å². The molecule has 0 spiro atoms. The smallest absolute Gasteiger partial charge is 0.187 e. The van der Waals surface area contributed by atoms with Gasteiger partial charge in [-0.3, -0.25) is 0 Å². The molecule has 8 aliphatic rings. The van der Waals surface area contributed by atoms with Gasteiger partial charge in [0.05, 0.1) is 38.1 Å². The summed E-state index contributed by atoms with van der Waals surface area (Å²) < 4.78 is 42.1. The molecule has 19 heteroatoms. The first-order valence-corrected chi connectivity index (χ1v) is 23.4. The summed E-state index contributed by atoms with van der Waals surface area (Å²) in [6, 6.07) is 0. The van der Waals surface area contributed by atoms with E-state index in [4.69, 9.17) is 33.2 Å².